The first-order valence-corrected chi connectivity index (χ1v) is 29.0. The van der Waals surface area contributed by atoms with E-state index in [1.165, 1.54) is 52.9 Å². The molecule has 0 fully saturated rings. The quantitative estimate of drug-likeness (QED) is 0.0525. The van der Waals surface area contributed by atoms with Gasteiger partial charge in [0.05, 0.1) is 25.6 Å². The van der Waals surface area contributed by atoms with E-state index in [1.54, 1.807) is 31.4 Å². The Balaban J connectivity index is 0.000000254. The monoisotopic (exact) mass is 1420 g/mol. The third-order valence-corrected chi connectivity index (χ3v) is 15.9. The maximum absolute atomic E-state index is 14.1. The van der Waals surface area contributed by atoms with Gasteiger partial charge in [0, 0.05) is 46.8 Å². The number of phenols is 1. The third kappa shape index (κ3) is 14.3. The molecule has 0 unspecified atom stereocenters. The van der Waals surface area contributed by atoms with Crippen LogP contribution in [0.3, 0.4) is 0 Å². The van der Waals surface area contributed by atoms with Crippen LogP contribution in [-0.4, -0.2) is 102 Å². The number of benzene rings is 6. The summed E-state index contributed by atoms with van der Waals surface area (Å²) in [6, 6.07) is 27.4. The van der Waals surface area contributed by atoms with Crippen LogP contribution < -0.4 is 36.2 Å². The largest absolute Gasteiger partial charge is 0.508 e. The molecule has 8 aromatic rings. The Morgan fingerprint density at radius 2 is 0.779 bits per heavy atom. The topological polar surface area (TPSA) is 226 Å². The Kier molecular flexibility index (Phi) is 20.0. The highest BCUT2D eigenvalue weighted by Crippen LogP contribution is 2.57. The van der Waals surface area contributed by atoms with Crippen molar-refractivity contribution in [3.05, 3.63) is 174 Å². The van der Waals surface area contributed by atoms with Crippen LogP contribution in [0.5, 0.6) is 23.0 Å². The molecule has 0 atom stereocenters. The second kappa shape index (κ2) is 25.3. The smallest absolute Gasteiger partial charge is 0.460 e. The molecule has 0 bridgehead atoms. The van der Waals surface area contributed by atoms with Crippen molar-refractivity contribution >= 4 is 41.9 Å². The van der Waals surface area contributed by atoms with Gasteiger partial charge in [-0.2, -0.15) is 95.9 Å². The number of nitrogens with zero attached hydrogens (tertiary/aromatic N) is 2. The molecule has 0 saturated carbocycles. The zero-order chi connectivity index (χ0) is 72.4. The van der Waals surface area contributed by atoms with Crippen molar-refractivity contribution in [3.63, 3.8) is 0 Å². The van der Waals surface area contributed by atoms with Crippen molar-refractivity contribution < 1.29 is 119 Å². The van der Waals surface area contributed by atoms with Crippen molar-refractivity contribution in [1.82, 2.24) is 19.1 Å². The summed E-state index contributed by atoms with van der Waals surface area (Å²) in [5.41, 5.74) is 2.01. The average molecular weight is 1420 g/mol. The van der Waals surface area contributed by atoms with Gasteiger partial charge in [-0.3, -0.25) is 28.7 Å². The molecule has 2 heterocycles. The SMILES string of the molecule is COc1c(-c2ccc3cc(O)ccc3c2)cc(-n2ccc(=O)[nH]c2=O)cc1C(C)(C)C.COc1c(-c2ccc3cc(OS(=O)(=O)C(F)(F)C(F)(F)C(F)(F)C(F)(F)F)ccc3c2)cc(-n2ccc(=O)[nH]c2=O)cc1C(C)(C)C.O=S(=O)(F)C(F)(F)C(F)(F)C(F)(F)C(F)(F)F. The summed E-state index contributed by atoms with van der Waals surface area (Å²) in [4.78, 5) is 52.6. The number of hydrogen-bond acceptors (Lipinski definition) is 12. The van der Waals surface area contributed by atoms with Crippen molar-refractivity contribution in [2.75, 3.05) is 14.2 Å². The van der Waals surface area contributed by atoms with Gasteiger partial charge in [0.25, 0.3) is 11.1 Å². The fourth-order valence-corrected chi connectivity index (χ4v) is 10.1. The number of nitrogens with one attached hydrogen (secondary N) is 2. The van der Waals surface area contributed by atoms with Gasteiger partial charge in [-0.25, -0.2) is 9.59 Å². The highest BCUT2D eigenvalue weighted by molar-refractivity contribution is 7.88. The molecule has 0 spiro atoms. The number of aromatic amines is 2. The first-order valence-electron chi connectivity index (χ1n) is 26.2. The van der Waals surface area contributed by atoms with Gasteiger partial charge in [-0.15, -0.1) is 0 Å². The van der Waals surface area contributed by atoms with Gasteiger partial charge < -0.3 is 18.8 Å². The van der Waals surface area contributed by atoms with Gasteiger partial charge in [0.2, 0.25) is 0 Å². The summed E-state index contributed by atoms with van der Waals surface area (Å²) in [7, 11) is -11.8. The number of fused-ring (bicyclic) bond motifs is 2. The van der Waals surface area contributed by atoms with Crippen LogP contribution in [0.15, 0.2) is 141 Å². The molecule has 3 N–H and O–H groups in total. The lowest BCUT2D eigenvalue weighted by Gasteiger charge is -2.32. The van der Waals surface area contributed by atoms with E-state index >= 15 is 0 Å². The van der Waals surface area contributed by atoms with Crippen LogP contribution in [0, 0.1) is 0 Å². The first kappa shape index (κ1) is 75.0. The van der Waals surface area contributed by atoms with Crippen molar-refractivity contribution in [1.29, 1.82) is 0 Å². The molecule has 0 saturated heterocycles. The molecule has 2 aromatic heterocycles. The molecule has 6 aromatic carbocycles. The van der Waals surface area contributed by atoms with Crippen LogP contribution >= 0.6 is 0 Å². The molecular weight excluding hydrogens is 1370 g/mol. The number of H-pyrrole nitrogens is 2. The first-order chi connectivity index (χ1) is 43.0. The van der Waals surface area contributed by atoms with E-state index in [0.717, 1.165) is 51.4 Å². The molecular formula is C58H47F19N4O12S2. The molecule has 95 heavy (non-hydrogen) atoms. The number of ether oxygens (including phenoxy) is 2. The minimum Gasteiger partial charge on any atom is -0.508 e. The third-order valence-electron chi connectivity index (χ3n) is 13.7. The standard InChI is InChI=1S/C29H23F9N2O6S.C25H24N2O4.C4F10O2S/c1-25(2,3)21-14-18(40-10-9-22(41)39-24(40)42)13-20(23(21)45-4)17-6-5-16-12-19(8-7-15(16)11-17)46-47(43,44)29(37,38)27(32,33)26(30,31)28(34,35)36;1-25(2,3)21-14-18(27-10-9-22(29)26-24(27)30)13-20(23(21)31-4)17-6-5-16-12-19(28)8-7-15(16)11-17;5-1(6,3(9,10)11)2(7,8)4(12,13)17(14,15)16/h5-14H,1-4H3,(H,39,41,42);5-14,28H,1-4H3,(H,26,29,30);. The van der Waals surface area contributed by atoms with E-state index in [4.69, 9.17) is 9.47 Å². The maximum Gasteiger partial charge on any atom is 0.460 e. The number of phenolic OH excluding ortho intramolecular Hbond substituents is 1. The summed E-state index contributed by atoms with van der Waals surface area (Å²) in [5, 5.41) is -2.28. The van der Waals surface area contributed by atoms with Gasteiger partial charge >= 0.3 is 78.3 Å². The second-order valence-corrected chi connectivity index (χ2v) is 25.4. The summed E-state index contributed by atoms with van der Waals surface area (Å²) < 4.78 is 299. The highest BCUT2D eigenvalue weighted by Gasteiger charge is 2.87. The highest BCUT2D eigenvalue weighted by atomic mass is 32.3. The van der Waals surface area contributed by atoms with E-state index in [9.17, 15) is 124 Å². The Hall–Kier alpha value is -9.03. The van der Waals surface area contributed by atoms with Gasteiger partial charge in [0.1, 0.15) is 23.0 Å². The van der Waals surface area contributed by atoms with Gasteiger partial charge in [0.15, 0.2) is 0 Å². The molecule has 0 aliphatic carbocycles. The summed E-state index contributed by atoms with van der Waals surface area (Å²) >= 11 is 0. The summed E-state index contributed by atoms with van der Waals surface area (Å²) in [6.45, 7) is 11.8. The number of aromatic hydroxyl groups is 1. The molecule has 8 rings (SSSR count). The van der Waals surface area contributed by atoms with E-state index in [0.29, 0.717) is 39.9 Å². The number of alkyl halides is 18. The average Bonchev–Trinajstić information content (AvgIpc) is 0.741. The van der Waals surface area contributed by atoms with Crippen molar-refractivity contribution in [2.24, 2.45) is 0 Å². The molecule has 37 heteroatoms. The van der Waals surface area contributed by atoms with E-state index in [1.807, 2.05) is 57.2 Å². The maximum atomic E-state index is 14.1. The lowest BCUT2D eigenvalue weighted by molar-refractivity contribution is -0.382. The lowest BCUT2D eigenvalue weighted by Crippen LogP contribution is -2.63. The number of rotatable bonds is 14. The number of aromatic nitrogens is 4. The lowest BCUT2D eigenvalue weighted by atomic mass is 9.83. The van der Waals surface area contributed by atoms with Gasteiger partial charge in [-0.1, -0.05) is 81.8 Å². The Bertz CT molecular complexity index is 4750. The number of hydrogen-bond donors (Lipinski definition) is 3. The van der Waals surface area contributed by atoms with Crippen molar-refractivity contribution in [3.8, 4) is 56.6 Å². The fraction of sp³-hybridized carbons (Fsp3) is 0.310. The molecule has 0 aliphatic rings. The predicted octanol–water partition coefficient (Wildman–Crippen LogP) is 13.9. The van der Waals surface area contributed by atoms with Crippen LogP contribution in [0.2, 0.25) is 0 Å². The van der Waals surface area contributed by atoms with Crippen molar-refractivity contribution in [2.45, 2.75) is 98.9 Å². The van der Waals surface area contributed by atoms with E-state index in [2.05, 4.69) is 34.9 Å². The Morgan fingerprint density at radius 3 is 1.13 bits per heavy atom. The van der Waals surface area contributed by atoms with Crippen LogP contribution in [-0.2, 0) is 31.2 Å². The number of methoxy groups -OCH3 is 2. The summed E-state index contributed by atoms with van der Waals surface area (Å²) in [6.07, 6.45) is -11.7. The minimum absolute atomic E-state index is 0.0418. The minimum atomic E-state index is -7.67. The second-order valence-electron chi connectivity index (χ2n) is 22.4. The molecule has 0 amide bonds. The van der Waals surface area contributed by atoms with Crippen LogP contribution in [0.4, 0.5) is 82.9 Å². The molecule has 0 radical (unpaired) electrons. The van der Waals surface area contributed by atoms with Crippen LogP contribution in [0.25, 0.3) is 55.2 Å². The fourth-order valence-electron chi connectivity index (χ4n) is 8.78. The Morgan fingerprint density at radius 1 is 0.432 bits per heavy atom. The van der Waals surface area contributed by atoms with Crippen LogP contribution in [0.1, 0.15) is 52.7 Å². The van der Waals surface area contributed by atoms with Gasteiger partial charge in [-0.05, 0) is 104 Å². The predicted molar refractivity (Wildman–Crippen MR) is 305 cm³/mol. The van der Waals surface area contributed by atoms with E-state index < -0.39 is 101 Å². The van der Waals surface area contributed by atoms with E-state index in [-0.39, 0.29) is 21.9 Å². The molecule has 516 valence electrons. The Labute approximate surface area is 522 Å². The summed E-state index contributed by atoms with van der Waals surface area (Å²) in [5.74, 6) is -29.6. The number of halogens is 19. The zero-order valence-corrected chi connectivity index (χ0v) is 51.0. The zero-order valence-electron chi connectivity index (χ0n) is 49.4. The molecule has 0 aliphatic heterocycles. The molecule has 16 nitrogen and oxygen atoms in total. The normalized spacial score (nSPS) is 13.4.